The van der Waals surface area contributed by atoms with Crippen molar-refractivity contribution in [1.29, 1.82) is 0 Å². The van der Waals surface area contributed by atoms with Gasteiger partial charge in [-0.3, -0.25) is 9.40 Å². The Morgan fingerprint density at radius 3 is 2.81 bits per heavy atom. The van der Waals surface area contributed by atoms with Crippen LogP contribution in [0, 0.1) is 0 Å². The minimum absolute atomic E-state index is 0.163. The standard InChI is InChI=1S/C17H20N4O4S/c1-17(5-3-6-17)26(22,23)20-16-15-13(24-2)9-12(10-14(15)25-19-16)11-21-8-4-7-18-21/h4,7-10H,3,5-6,11H2,1-2H3,(H,19,20). The highest BCUT2D eigenvalue weighted by Crippen LogP contribution is 2.41. The van der Waals surface area contributed by atoms with Crippen LogP contribution >= 0.6 is 0 Å². The summed E-state index contributed by atoms with van der Waals surface area (Å²) in [6.07, 6.45) is 5.76. The van der Waals surface area contributed by atoms with Gasteiger partial charge >= 0.3 is 0 Å². The Morgan fingerprint density at radius 2 is 2.19 bits per heavy atom. The van der Waals surface area contributed by atoms with Crippen LogP contribution < -0.4 is 9.46 Å². The molecule has 0 amide bonds. The third-order valence-corrected chi connectivity index (χ3v) is 7.18. The fourth-order valence-electron chi connectivity index (χ4n) is 3.19. The summed E-state index contributed by atoms with van der Waals surface area (Å²) in [6, 6.07) is 5.50. The molecule has 0 saturated heterocycles. The predicted molar refractivity (Wildman–Crippen MR) is 96.7 cm³/mol. The molecule has 0 atom stereocenters. The van der Waals surface area contributed by atoms with Gasteiger partial charge in [-0.2, -0.15) is 5.10 Å². The number of aromatic nitrogens is 3. The van der Waals surface area contributed by atoms with Gasteiger partial charge in [0.15, 0.2) is 11.4 Å². The number of rotatable bonds is 6. The maximum Gasteiger partial charge on any atom is 0.239 e. The smallest absolute Gasteiger partial charge is 0.239 e. The van der Waals surface area contributed by atoms with Crippen LogP contribution in [0.4, 0.5) is 5.82 Å². The number of ether oxygens (including phenoxy) is 1. The van der Waals surface area contributed by atoms with Crippen LogP contribution in [0.5, 0.6) is 5.75 Å². The zero-order valence-electron chi connectivity index (χ0n) is 14.6. The third kappa shape index (κ3) is 2.72. The number of hydrogen-bond acceptors (Lipinski definition) is 6. The summed E-state index contributed by atoms with van der Waals surface area (Å²) in [4.78, 5) is 0. The monoisotopic (exact) mass is 376 g/mol. The third-order valence-electron chi connectivity index (χ3n) is 5.01. The molecule has 0 radical (unpaired) electrons. The van der Waals surface area contributed by atoms with Crippen LogP contribution in [0.3, 0.4) is 0 Å². The van der Waals surface area contributed by atoms with Crippen molar-refractivity contribution in [2.75, 3.05) is 11.8 Å². The molecule has 0 spiro atoms. The lowest BCUT2D eigenvalue weighted by Crippen LogP contribution is -2.45. The fourth-order valence-corrected chi connectivity index (χ4v) is 4.65. The highest BCUT2D eigenvalue weighted by atomic mass is 32.2. The van der Waals surface area contributed by atoms with E-state index in [1.165, 1.54) is 7.11 Å². The number of fused-ring (bicyclic) bond motifs is 1. The van der Waals surface area contributed by atoms with Gasteiger partial charge in [-0.25, -0.2) is 8.42 Å². The van der Waals surface area contributed by atoms with Gasteiger partial charge in [-0.05, 0) is 43.5 Å². The van der Waals surface area contributed by atoms with Gasteiger partial charge in [0.05, 0.1) is 18.4 Å². The molecule has 1 saturated carbocycles. The molecule has 1 aromatic carbocycles. The van der Waals surface area contributed by atoms with E-state index in [1.54, 1.807) is 17.8 Å². The van der Waals surface area contributed by atoms with Crippen molar-refractivity contribution in [3.63, 3.8) is 0 Å². The second kappa shape index (κ2) is 6.01. The second-order valence-electron chi connectivity index (χ2n) is 6.81. The molecule has 0 aliphatic heterocycles. The Morgan fingerprint density at radius 1 is 1.38 bits per heavy atom. The largest absolute Gasteiger partial charge is 0.496 e. The molecule has 1 N–H and O–H groups in total. The highest BCUT2D eigenvalue weighted by molar-refractivity contribution is 7.94. The van der Waals surface area contributed by atoms with E-state index in [1.807, 2.05) is 24.4 Å². The van der Waals surface area contributed by atoms with Gasteiger partial charge in [0.2, 0.25) is 10.0 Å². The van der Waals surface area contributed by atoms with Crippen LogP contribution in [-0.2, 0) is 16.6 Å². The van der Waals surface area contributed by atoms with Crippen LogP contribution in [-0.4, -0.2) is 35.2 Å². The van der Waals surface area contributed by atoms with Crippen molar-refractivity contribution in [2.45, 2.75) is 37.5 Å². The fraction of sp³-hybridized carbons (Fsp3) is 0.412. The lowest BCUT2D eigenvalue weighted by atomic mass is 9.86. The van der Waals surface area contributed by atoms with E-state index in [0.717, 1.165) is 12.0 Å². The summed E-state index contributed by atoms with van der Waals surface area (Å²) in [5.41, 5.74) is 1.37. The molecule has 1 aliphatic carbocycles. The summed E-state index contributed by atoms with van der Waals surface area (Å²) in [5, 5.41) is 8.63. The molecular formula is C17H20N4O4S. The zero-order valence-corrected chi connectivity index (χ0v) is 15.4. The first-order chi connectivity index (χ1) is 12.4. The maximum absolute atomic E-state index is 12.7. The predicted octanol–water partition coefficient (Wildman–Crippen LogP) is 2.77. The summed E-state index contributed by atoms with van der Waals surface area (Å²) >= 11 is 0. The van der Waals surface area contributed by atoms with Crippen molar-refractivity contribution in [2.24, 2.45) is 0 Å². The first kappa shape index (κ1) is 16.9. The van der Waals surface area contributed by atoms with E-state index in [0.29, 0.717) is 36.1 Å². The lowest BCUT2D eigenvalue weighted by Gasteiger charge is -2.36. The molecular weight excluding hydrogens is 356 g/mol. The van der Waals surface area contributed by atoms with Crippen LogP contribution in [0.2, 0.25) is 0 Å². The molecule has 2 heterocycles. The van der Waals surface area contributed by atoms with E-state index in [4.69, 9.17) is 9.26 Å². The first-order valence-corrected chi connectivity index (χ1v) is 9.86. The topological polar surface area (TPSA) is 99.2 Å². The number of anilines is 1. The Hall–Kier alpha value is -2.55. The van der Waals surface area contributed by atoms with Crippen LogP contribution in [0.25, 0.3) is 11.0 Å². The van der Waals surface area contributed by atoms with Crippen molar-refractivity contribution in [3.05, 3.63) is 36.2 Å². The van der Waals surface area contributed by atoms with Gasteiger partial charge in [0.1, 0.15) is 11.1 Å². The normalized spacial score (nSPS) is 16.4. The van der Waals surface area contributed by atoms with E-state index < -0.39 is 14.8 Å². The summed E-state index contributed by atoms with van der Waals surface area (Å²) in [6.45, 7) is 2.29. The Balaban J connectivity index is 1.71. The Bertz CT molecular complexity index is 1040. The van der Waals surface area contributed by atoms with Crippen molar-refractivity contribution >= 4 is 26.8 Å². The van der Waals surface area contributed by atoms with Gasteiger partial charge in [0.25, 0.3) is 0 Å². The molecule has 3 aromatic rings. The van der Waals surface area contributed by atoms with E-state index >= 15 is 0 Å². The van der Waals surface area contributed by atoms with E-state index in [9.17, 15) is 8.42 Å². The van der Waals surface area contributed by atoms with E-state index in [2.05, 4.69) is 15.0 Å². The summed E-state index contributed by atoms with van der Waals surface area (Å²) < 4.78 is 39.8. The minimum Gasteiger partial charge on any atom is -0.496 e. The van der Waals surface area contributed by atoms with Crippen LogP contribution in [0.1, 0.15) is 31.7 Å². The Labute approximate surface area is 151 Å². The van der Waals surface area contributed by atoms with Crippen molar-refractivity contribution in [1.82, 2.24) is 14.9 Å². The second-order valence-corrected chi connectivity index (χ2v) is 9.01. The Kier molecular flexibility index (Phi) is 3.91. The molecule has 0 unspecified atom stereocenters. The van der Waals surface area contributed by atoms with Gasteiger partial charge in [0, 0.05) is 12.4 Å². The molecule has 8 nitrogen and oxygen atoms in total. The molecule has 9 heteroatoms. The number of methoxy groups -OCH3 is 1. The van der Waals surface area contributed by atoms with Gasteiger partial charge < -0.3 is 9.26 Å². The molecule has 1 aliphatic rings. The average Bonchev–Trinajstić information content (AvgIpc) is 3.22. The number of nitrogens with one attached hydrogen (secondary N) is 1. The number of nitrogens with zero attached hydrogens (tertiary/aromatic N) is 3. The average molecular weight is 376 g/mol. The molecule has 1 fully saturated rings. The molecule has 138 valence electrons. The van der Waals surface area contributed by atoms with Gasteiger partial charge in [-0.15, -0.1) is 0 Å². The minimum atomic E-state index is -3.56. The summed E-state index contributed by atoms with van der Waals surface area (Å²) in [5.74, 6) is 0.665. The molecule has 0 bridgehead atoms. The number of benzene rings is 1. The quantitative estimate of drug-likeness (QED) is 0.710. The highest BCUT2D eigenvalue weighted by Gasteiger charge is 2.45. The zero-order chi connectivity index (χ0) is 18.4. The molecule has 2 aromatic heterocycles. The first-order valence-electron chi connectivity index (χ1n) is 8.38. The van der Waals surface area contributed by atoms with Gasteiger partial charge in [-0.1, -0.05) is 11.6 Å². The van der Waals surface area contributed by atoms with Crippen molar-refractivity contribution < 1.29 is 17.7 Å². The van der Waals surface area contributed by atoms with E-state index in [-0.39, 0.29) is 5.82 Å². The lowest BCUT2D eigenvalue weighted by molar-refractivity contribution is 0.364. The van der Waals surface area contributed by atoms with Crippen molar-refractivity contribution in [3.8, 4) is 5.75 Å². The number of sulfonamides is 1. The SMILES string of the molecule is COc1cc(Cn2cccn2)cc2onc(NS(=O)(=O)C3(C)CCC3)c12. The number of hydrogen-bond donors (Lipinski definition) is 1. The molecule has 26 heavy (non-hydrogen) atoms. The maximum atomic E-state index is 12.7. The molecule has 4 rings (SSSR count). The van der Waals surface area contributed by atoms with Crippen LogP contribution in [0.15, 0.2) is 35.1 Å². The summed E-state index contributed by atoms with van der Waals surface area (Å²) in [7, 11) is -2.02.